The largest absolute Gasteiger partial charge is 0.444 e. The predicted molar refractivity (Wildman–Crippen MR) is 186 cm³/mol. The Hall–Kier alpha value is -1.83. The molecule has 4 heterocycles. The molecule has 4 fully saturated rings. The molecule has 2 aromatic carbocycles. The molecule has 0 radical (unpaired) electrons. The lowest BCUT2D eigenvalue weighted by Gasteiger charge is -2.39. The van der Waals surface area contributed by atoms with Gasteiger partial charge in [-0.1, -0.05) is 35.3 Å². The normalized spacial score (nSPS) is 21.6. The summed E-state index contributed by atoms with van der Waals surface area (Å²) in [6.07, 6.45) is 7.24. The number of nitrogens with zero attached hydrogens (tertiary/aromatic N) is 3. The maximum absolute atomic E-state index is 12.3. The Kier molecular flexibility index (Phi) is 11.1. The summed E-state index contributed by atoms with van der Waals surface area (Å²) in [5.74, 6) is 0. The van der Waals surface area contributed by atoms with Crippen LogP contribution in [0.25, 0.3) is 0 Å². The van der Waals surface area contributed by atoms with Gasteiger partial charge in [-0.05, 0) is 157 Å². The highest BCUT2D eigenvalue weighted by Crippen LogP contribution is 2.41. The number of ether oxygens (including phenoxy) is 1. The molecule has 0 bridgehead atoms. The number of rotatable bonds is 4. The zero-order valence-electron chi connectivity index (χ0n) is 28.2. The first-order chi connectivity index (χ1) is 21.3. The fourth-order valence-electron chi connectivity index (χ4n) is 7.91. The molecule has 2 spiro atoms. The maximum Gasteiger partial charge on any atom is 0.410 e. The van der Waals surface area contributed by atoms with Gasteiger partial charge in [-0.2, -0.15) is 0 Å². The van der Waals surface area contributed by atoms with Crippen molar-refractivity contribution in [2.24, 2.45) is 10.8 Å². The Bertz CT molecular complexity index is 1270. The van der Waals surface area contributed by atoms with Gasteiger partial charge in [0.15, 0.2) is 0 Å². The lowest BCUT2D eigenvalue weighted by molar-refractivity contribution is 0.0109. The van der Waals surface area contributed by atoms with Crippen molar-refractivity contribution in [3.05, 3.63) is 68.7 Å². The molecule has 0 aromatic heterocycles. The highest BCUT2D eigenvalue weighted by molar-refractivity contribution is 6.31. The number of nitrogens with one attached hydrogen (secondary N) is 1. The van der Waals surface area contributed by atoms with E-state index in [0.717, 1.165) is 62.2 Å². The number of benzene rings is 2. The van der Waals surface area contributed by atoms with E-state index in [-0.39, 0.29) is 6.09 Å². The highest BCUT2D eigenvalue weighted by Gasteiger charge is 2.42. The zero-order chi connectivity index (χ0) is 32.2. The molecule has 2 aromatic rings. The van der Waals surface area contributed by atoms with Gasteiger partial charge in [0.1, 0.15) is 5.60 Å². The lowest BCUT2D eigenvalue weighted by atomic mass is 9.78. The number of carbonyl (C=O) groups excluding carboxylic acids is 1. The summed E-state index contributed by atoms with van der Waals surface area (Å²) in [4.78, 5) is 19.3. The van der Waals surface area contributed by atoms with Crippen LogP contribution >= 0.6 is 23.2 Å². The molecule has 0 saturated carbocycles. The average molecular weight is 658 g/mol. The molecule has 1 N–H and O–H groups in total. The smallest absolute Gasteiger partial charge is 0.410 e. The third-order valence-electron chi connectivity index (χ3n) is 10.2. The minimum Gasteiger partial charge on any atom is -0.444 e. The number of aryl methyl sites for hydroxylation is 2. The fourth-order valence-corrected chi connectivity index (χ4v) is 8.54. The van der Waals surface area contributed by atoms with E-state index < -0.39 is 5.60 Å². The van der Waals surface area contributed by atoms with Crippen molar-refractivity contribution >= 4 is 29.3 Å². The van der Waals surface area contributed by atoms with Crippen molar-refractivity contribution in [2.45, 2.75) is 91.8 Å². The van der Waals surface area contributed by atoms with Crippen molar-refractivity contribution in [1.29, 1.82) is 0 Å². The Morgan fingerprint density at radius 2 is 1.18 bits per heavy atom. The molecule has 4 aliphatic rings. The molecule has 0 unspecified atom stereocenters. The first-order valence-corrected chi connectivity index (χ1v) is 17.7. The van der Waals surface area contributed by atoms with Crippen LogP contribution in [0.2, 0.25) is 10.0 Å². The van der Waals surface area contributed by atoms with Crippen molar-refractivity contribution in [3.63, 3.8) is 0 Å². The number of amides is 1. The Morgan fingerprint density at radius 1 is 0.733 bits per heavy atom. The lowest BCUT2D eigenvalue weighted by Crippen LogP contribution is -2.46. The van der Waals surface area contributed by atoms with E-state index in [4.69, 9.17) is 27.9 Å². The summed E-state index contributed by atoms with van der Waals surface area (Å²) in [5.41, 5.74) is 5.65. The van der Waals surface area contributed by atoms with Gasteiger partial charge < -0.3 is 15.0 Å². The van der Waals surface area contributed by atoms with E-state index in [1.807, 2.05) is 37.8 Å². The van der Waals surface area contributed by atoms with Crippen molar-refractivity contribution in [1.82, 2.24) is 20.0 Å². The first-order valence-electron chi connectivity index (χ1n) is 17.0. The molecule has 1 amide bonds. The standard InChI is InChI=1S/C21H31ClN2O2.C16H23ClN2/c1-16-11-17(13-18(22)12-16)14-23-8-5-21(15-23)6-9-24(10-7-21)19(25)26-20(2,3)4;1-13-8-14(10-15(17)9-13)11-19-7-4-16(12-19)2-5-18-6-3-16/h11-13H,5-10,14-15H2,1-4H3;8-10,18H,2-7,11-12H2,1H3. The summed E-state index contributed by atoms with van der Waals surface area (Å²) in [5, 5.41) is 5.16. The zero-order valence-corrected chi connectivity index (χ0v) is 29.7. The van der Waals surface area contributed by atoms with Gasteiger partial charge in [0, 0.05) is 49.3 Å². The van der Waals surface area contributed by atoms with Crippen LogP contribution in [0.4, 0.5) is 4.79 Å². The van der Waals surface area contributed by atoms with Crippen LogP contribution in [0.5, 0.6) is 0 Å². The second-order valence-electron chi connectivity index (χ2n) is 15.4. The van der Waals surface area contributed by atoms with E-state index >= 15 is 0 Å². The van der Waals surface area contributed by atoms with Crippen LogP contribution in [0, 0.1) is 24.7 Å². The fraction of sp³-hybridized carbons (Fsp3) is 0.649. The molecule has 6 rings (SSSR count). The Balaban J connectivity index is 0.000000186. The third kappa shape index (κ3) is 9.84. The number of likely N-dealkylation sites (tertiary alicyclic amines) is 3. The van der Waals surface area contributed by atoms with Crippen LogP contribution < -0.4 is 5.32 Å². The Morgan fingerprint density at radius 3 is 1.62 bits per heavy atom. The highest BCUT2D eigenvalue weighted by atomic mass is 35.5. The second kappa shape index (κ2) is 14.5. The number of hydrogen-bond donors (Lipinski definition) is 1. The van der Waals surface area contributed by atoms with Gasteiger partial charge in [0.25, 0.3) is 0 Å². The van der Waals surface area contributed by atoms with Gasteiger partial charge in [0.05, 0.1) is 0 Å². The summed E-state index contributed by atoms with van der Waals surface area (Å²) in [6, 6.07) is 12.7. The van der Waals surface area contributed by atoms with E-state index in [2.05, 4.69) is 53.2 Å². The Labute approximate surface area is 281 Å². The molecule has 0 aliphatic carbocycles. The third-order valence-corrected chi connectivity index (χ3v) is 10.6. The number of carbonyl (C=O) groups is 1. The van der Waals surface area contributed by atoms with Crippen molar-refractivity contribution in [3.8, 4) is 0 Å². The minimum absolute atomic E-state index is 0.170. The predicted octanol–water partition coefficient (Wildman–Crippen LogP) is 8.10. The molecule has 8 heteroatoms. The summed E-state index contributed by atoms with van der Waals surface area (Å²) < 4.78 is 5.51. The minimum atomic E-state index is -0.425. The average Bonchev–Trinajstić information content (AvgIpc) is 3.51. The van der Waals surface area contributed by atoms with Gasteiger partial charge in [0.2, 0.25) is 0 Å². The molecule has 6 nitrogen and oxygen atoms in total. The maximum atomic E-state index is 12.3. The van der Waals surface area contributed by atoms with Crippen LogP contribution in [0.15, 0.2) is 36.4 Å². The number of halogens is 2. The summed E-state index contributed by atoms with van der Waals surface area (Å²) in [7, 11) is 0. The molecule has 248 valence electrons. The monoisotopic (exact) mass is 656 g/mol. The van der Waals surface area contributed by atoms with Crippen LogP contribution in [-0.4, -0.2) is 78.8 Å². The first kappa shape index (κ1) is 34.5. The number of piperidine rings is 2. The van der Waals surface area contributed by atoms with Crippen molar-refractivity contribution in [2.75, 3.05) is 52.4 Å². The molecule has 45 heavy (non-hydrogen) atoms. The molecule has 0 atom stereocenters. The second-order valence-corrected chi connectivity index (χ2v) is 16.3. The van der Waals surface area contributed by atoms with Gasteiger partial charge in [-0.25, -0.2) is 4.79 Å². The van der Waals surface area contributed by atoms with Gasteiger partial charge in [-0.15, -0.1) is 0 Å². The topological polar surface area (TPSA) is 48.1 Å². The molecule has 4 aliphatic heterocycles. The molecular formula is C37H54Cl2N4O2. The SMILES string of the molecule is Cc1cc(Cl)cc(CN2CCC3(CCN(C(=O)OC(C)(C)C)CC3)C2)c1.Cc1cc(Cl)cc(CN2CCC3(CCNCC3)C2)c1. The summed E-state index contributed by atoms with van der Waals surface area (Å²) in [6.45, 7) is 20.7. The quantitative estimate of drug-likeness (QED) is 0.360. The van der Waals surface area contributed by atoms with Crippen LogP contribution in [0.3, 0.4) is 0 Å². The van der Waals surface area contributed by atoms with E-state index in [1.165, 1.54) is 74.1 Å². The summed E-state index contributed by atoms with van der Waals surface area (Å²) >= 11 is 12.4. The van der Waals surface area contributed by atoms with E-state index in [0.29, 0.717) is 10.8 Å². The van der Waals surface area contributed by atoms with E-state index in [9.17, 15) is 4.79 Å². The molecular weight excluding hydrogens is 603 g/mol. The number of hydrogen-bond acceptors (Lipinski definition) is 5. The van der Waals surface area contributed by atoms with Gasteiger partial charge in [-0.3, -0.25) is 9.80 Å². The van der Waals surface area contributed by atoms with Crippen molar-refractivity contribution < 1.29 is 9.53 Å². The van der Waals surface area contributed by atoms with Crippen LogP contribution in [-0.2, 0) is 17.8 Å². The van der Waals surface area contributed by atoms with Gasteiger partial charge >= 0.3 is 6.09 Å². The molecule has 4 saturated heterocycles. The van der Waals surface area contributed by atoms with E-state index in [1.54, 1.807) is 0 Å². The van der Waals surface area contributed by atoms with Crippen LogP contribution in [0.1, 0.15) is 81.5 Å².